The summed E-state index contributed by atoms with van der Waals surface area (Å²) >= 11 is 0. The zero-order valence-electron chi connectivity index (χ0n) is 45.3. The first-order valence-corrected chi connectivity index (χ1v) is 26.7. The quantitative estimate of drug-likeness (QED) is 0.0684. The lowest BCUT2D eigenvalue weighted by Gasteiger charge is -2.53. The average Bonchev–Trinajstić information content (AvgIpc) is 4.13. The standard InChI is InChI=1S/C29H40O9.C28H40O10.2CH4/c1-6-10-22-13-14-29(32-5)28(36-22)27(35-20(4)31)25-26(38-29)24(34-17-21-11-8-7-9-12-21)23(37-25)15-18(2)16-33-19(3)30;1-17(15-33-18(2)30)14-22-23(34-16-20-8-6-5-7-9-20)25-24(37-22)26(35-19(3)31)27-28(32-4,38-25)12-10-21(36-27)11-13-29;;/h6-9,11-12,18,22-28H,1,10,13-17H2,2-5H3;5-9,17,21-27,29H,10-16H2,1-4H3;2*1H4/t18-,22-,23-,24+,25-,26+,27+,28-,29?;17-,21-,22-,23+,24-,25+,26+,27-,28?;;/m11../s1. The number of ether oxygens (including phenoxy) is 14. The second-order valence-corrected chi connectivity index (χ2v) is 20.9. The fourth-order valence-electron chi connectivity index (χ4n) is 11.4. The normalized spacial score (nSPS) is 34.2. The summed E-state index contributed by atoms with van der Waals surface area (Å²) in [4.78, 5) is 47.2. The van der Waals surface area contributed by atoms with E-state index in [9.17, 15) is 24.3 Å². The molecule has 438 valence electrons. The molecule has 0 amide bonds. The average molecular weight is 1100 g/mol. The molecule has 19 nitrogen and oxygen atoms in total. The molecule has 0 saturated carbocycles. The van der Waals surface area contributed by atoms with E-state index < -0.39 is 96.8 Å². The molecular formula is C59H88O19. The molecule has 19 heteroatoms. The van der Waals surface area contributed by atoms with Crippen LogP contribution in [0.15, 0.2) is 73.3 Å². The van der Waals surface area contributed by atoms with Crippen LogP contribution in [0.2, 0.25) is 0 Å². The van der Waals surface area contributed by atoms with Crippen LogP contribution in [0.4, 0.5) is 0 Å². The molecule has 0 aliphatic carbocycles. The minimum Gasteiger partial charge on any atom is -0.466 e. The number of rotatable bonds is 22. The van der Waals surface area contributed by atoms with E-state index in [1.54, 1.807) is 14.2 Å². The van der Waals surface area contributed by atoms with E-state index in [0.29, 0.717) is 64.6 Å². The van der Waals surface area contributed by atoms with Gasteiger partial charge in [-0.2, -0.15) is 0 Å². The molecule has 0 spiro atoms. The van der Waals surface area contributed by atoms with Gasteiger partial charge in [-0.1, -0.05) is 95.4 Å². The van der Waals surface area contributed by atoms with E-state index in [0.717, 1.165) is 11.1 Å². The molecular weight excluding hydrogens is 1010 g/mol. The van der Waals surface area contributed by atoms with Gasteiger partial charge in [0.2, 0.25) is 0 Å². The maximum Gasteiger partial charge on any atom is 0.303 e. The summed E-state index contributed by atoms with van der Waals surface area (Å²) in [6, 6.07) is 19.7. The van der Waals surface area contributed by atoms with Gasteiger partial charge in [0.25, 0.3) is 0 Å². The van der Waals surface area contributed by atoms with E-state index in [4.69, 9.17) is 66.3 Å². The second-order valence-electron chi connectivity index (χ2n) is 20.9. The lowest BCUT2D eigenvalue weighted by molar-refractivity contribution is -0.383. The van der Waals surface area contributed by atoms with Crippen molar-refractivity contribution in [2.75, 3.05) is 34.0 Å². The van der Waals surface area contributed by atoms with Crippen LogP contribution >= 0.6 is 0 Å². The zero-order valence-corrected chi connectivity index (χ0v) is 45.3. The lowest BCUT2D eigenvalue weighted by atomic mass is 9.84. The third-order valence-electron chi connectivity index (χ3n) is 14.9. The van der Waals surface area contributed by atoms with Crippen LogP contribution in [-0.4, -0.2) is 160 Å². The number of carbonyl (C=O) groups excluding carboxylic acids is 4. The Bertz CT molecular complexity index is 2180. The monoisotopic (exact) mass is 1100 g/mol. The van der Waals surface area contributed by atoms with Crippen LogP contribution < -0.4 is 0 Å². The fraction of sp³-hybridized carbons (Fsp3) is 0.695. The van der Waals surface area contributed by atoms with Gasteiger partial charge >= 0.3 is 23.9 Å². The van der Waals surface area contributed by atoms with Gasteiger partial charge in [0.05, 0.1) is 50.8 Å². The van der Waals surface area contributed by atoms with Gasteiger partial charge < -0.3 is 71.4 Å². The summed E-state index contributed by atoms with van der Waals surface area (Å²) in [5.74, 6) is -3.86. The number of aliphatic hydroxyl groups is 1. The van der Waals surface area contributed by atoms with Gasteiger partial charge in [-0.25, -0.2) is 0 Å². The van der Waals surface area contributed by atoms with Crippen LogP contribution in [-0.2, 0) is 98.7 Å². The Morgan fingerprint density at radius 3 is 1.40 bits per heavy atom. The highest BCUT2D eigenvalue weighted by atomic mass is 16.8. The van der Waals surface area contributed by atoms with Crippen molar-refractivity contribution < 1.29 is 90.6 Å². The van der Waals surface area contributed by atoms with Crippen LogP contribution in [0.3, 0.4) is 0 Å². The molecule has 0 aromatic heterocycles. The van der Waals surface area contributed by atoms with Crippen molar-refractivity contribution in [2.45, 2.75) is 218 Å². The highest BCUT2D eigenvalue weighted by molar-refractivity contribution is 5.67. The summed E-state index contributed by atoms with van der Waals surface area (Å²) in [6.45, 7) is 14.5. The molecule has 1 N–H and O–H groups in total. The van der Waals surface area contributed by atoms with Crippen molar-refractivity contribution in [1.82, 2.24) is 0 Å². The number of benzene rings is 2. The van der Waals surface area contributed by atoms with E-state index in [1.165, 1.54) is 27.7 Å². The predicted molar refractivity (Wildman–Crippen MR) is 284 cm³/mol. The van der Waals surface area contributed by atoms with Gasteiger partial charge in [-0.3, -0.25) is 19.2 Å². The summed E-state index contributed by atoms with van der Waals surface area (Å²) in [6.07, 6.45) is -1.10. The third kappa shape index (κ3) is 16.0. The molecule has 2 unspecified atom stereocenters. The molecule has 6 heterocycles. The van der Waals surface area contributed by atoms with Gasteiger partial charge in [0.15, 0.2) is 36.0 Å². The number of esters is 4. The van der Waals surface area contributed by atoms with Gasteiger partial charge in [0.1, 0.15) is 36.6 Å². The Hall–Kier alpha value is -4.38. The molecule has 2 aromatic rings. The Morgan fingerprint density at radius 1 is 0.615 bits per heavy atom. The Balaban J connectivity index is 0.000000280. The van der Waals surface area contributed by atoms with Crippen LogP contribution in [0, 0.1) is 11.8 Å². The van der Waals surface area contributed by atoms with Crippen molar-refractivity contribution in [3.8, 4) is 0 Å². The highest BCUT2D eigenvalue weighted by Gasteiger charge is 2.67. The molecule has 8 rings (SSSR count). The molecule has 6 aliphatic heterocycles. The zero-order chi connectivity index (χ0) is 54.6. The highest BCUT2D eigenvalue weighted by Crippen LogP contribution is 2.50. The number of methoxy groups -OCH3 is 2. The maximum absolute atomic E-state index is 12.3. The number of hydrogen-bond acceptors (Lipinski definition) is 19. The Morgan fingerprint density at radius 2 is 1.03 bits per heavy atom. The van der Waals surface area contributed by atoms with E-state index in [2.05, 4.69) is 6.58 Å². The molecule has 0 radical (unpaired) electrons. The van der Waals surface area contributed by atoms with Crippen LogP contribution in [0.5, 0.6) is 0 Å². The largest absolute Gasteiger partial charge is 0.466 e. The minimum absolute atomic E-state index is 0. The first-order valence-electron chi connectivity index (χ1n) is 26.7. The molecule has 2 aromatic carbocycles. The summed E-state index contributed by atoms with van der Waals surface area (Å²) < 4.78 is 86.2. The molecule has 0 bridgehead atoms. The number of aliphatic hydroxyl groups excluding tert-OH is 1. The van der Waals surface area contributed by atoms with Crippen molar-refractivity contribution >= 4 is 23.9 Å². The predicted octanol–water partition coefficient (Wildman–Crippen LogP) is 7.53. The van der Waals surface area contributed by atoms with Gasteiger partial charge in [-0.05, 0) is 61.5 Å². The number of carbonyl (C=O) groups is 4. The van der Waals surface area contributed by atoms with E-state index in [-0.39, 0.29) is 70.7 Å². The number of fused-ring (bicyclic) bond motifs is 4. The first kappa shape index (κ1) is 64.4. The van der Waals surface area contributed by atoms with Crippen LogP contribution in [0.1, 0.15) is 119 Å². The van der Waals surface area contributed by atoms with Gasteiger partial charge in [-0.15, -0.1) is 6.58 Å². The third-order valence-corrected chi connectivity index (χ3v) is 14.9. The molecule has 78 heavy (non-hydrogen) atoms. The minimum atomic E-state index is -1.16. The summed E-state index contributed by atoms with van der Waals surface area (Å²) in [5, 5.41) is 9.48. The lowest BCUT2D eigenvalue weighted by Crippen LogP contribution is -2.69. The van der Waals surface area contributed by atoms with E-state index >= 15 is 0 Å². The number of hydrogen-bond donors (Lipinski definition) is 1. The van der Waals surface area contributed by atoms with Crippen molar-refractivity contribution in [3.05, 3.63) is 84.4 Å². The van der Waals surface area contributed by atoms with Crippen LogP contribution in [0.25, 0.3) is 0 Å². The first-order chi connectivity index (χ1) is 36.5. The van der Waals surface area contributed by atoms with Crippen molar-refractivity contribution in [3.63, 3.8) is 0 Å². The molecule has 18 atom stereocenters. The van der Waals surface area contributed by atoms with Crippen molar-refractivity contribution in [2.24, 2.45) is 11.8 Å². The Kier molecular flexibility index (Phi) is 24.7. The summed E-state index contributed by atoms with van der Waals surface area (Å²) in [7, 11) is 3.14. The fourth-order valence-corrected chi connectivity index (χ4v) is 11.4. The van der Waals surface area contributed by atoms with Crippen molar-refractivity contribution in [1.29, 1.82) is 0 Å². The molecule has 6 fully saturated rings. The summed E-state index contributed by atoms with van der Waals surface area (Å²) in [5.41, 5.74) is 2.02. The SMILES string of the molecule is C.C.C=CC[C@@H]1CCC2(OC)O[C@@H]3[C@@H](O[C@H](C[C@@H](C)COC(C)=O)[C@@H]3OCc3ccccc3)[C@H](OC(C)=O)[C@H]2O1.COC12CC[C@H](CCO)O[C@@H]1[C@@H](OC(C)=O)[C@@H]1O[C@H](C[C@@H](C)COC(C)=O)[C@H](OCc3ccccc3)[C@@H]1O2. The second kappa shape index (κ2) is 29.9. The van der Waals surface area contributed by atoms with E-state index in [1.807, 2.05) is 80.6 Å². The molecule has 6 saturated heterocycles. The topological polar surface area (TPSA) is 218 Å². The molecule has 6 aliphatic rings. The smallest absolute Gasteiger partial charge is 0.303 e. The Labute approximate surface area is 461 Å². The maximum atomic E-state index is 12.3. The van der Waals surface area contributed by atoms with Gasteiger partial charge in [0, 0.05) is 61.4 Å².